The lowest BCUT2D eigenvalue weighted by molar-refractivity contribution is -0.00657. The third-order valence-corrected chi connectivity index (χ3v) is 7.20. The van der Waals surface area contributed by atoms with Crippen LogP contribution in [0.15, 0.2) is 30.6 Å². The average Bonchev–Trinajstić information content (AvgIpc) is 3.29. The van der Waals surface area contributed by atoms with Gasteiger partial charge in [0.2, 0.25) is 0 Å². The molecular weight excluding hydrogens is 478 g/mol. The van der Waals surface area contributed by atoms with Crippen molar-refractivity contribution in [2.75, 3.05) is 11.5 Å². The molecule has 11 heteroatoms. The number of pyridine rings is 1. The van der Waals surface area contributed by atoms with Crippen molar-refractivity contribution in [3.63, 3.8) is 0 Å². The van der Waals surface area contributed by atoms with Crippen LogP contribution in [-0.4, -0.2) is 42.0 Å². The number of halogens is 3. The number of nitrogen functional groups attached to an aromatic ring is 2. The van der Waals surface area contributed by atoms with Crippen molar-refractivity contribution in [3.05, 3.63) is 58.5 Å². The number of aryl methyl sites for hydroxylation is 1. The van der Waals surface area contributed by atoms with Gasteiger partial charge < -0.3 is 21.7 Å². The highest BCUT2D eigenvalue weighted by Gasteiger charge is 2.52. The zero-order chi connectivity index (χ0) is 25.1. The van der Waals surface area contributed by atoms with E-state index < -0.39 is 35.2 Å². The van der Waals surface area contributed by atoms with Gasteiger partial charge in [0.05, 0.1) is 33.9 Å². The molecule has 1 aromatic carbocycles. The molecule has 0 unspecified atom stereocenters. The highest BCUT2D eigenvalue weighted by Crippen LogP contribution is 2.49. The maximum Gasteiger partial charge on any atom is 0.154 e. The van der Waals surface area contributed by atoms with Crippen molar-refractivity contribution in [1.29, 1.82) is 0 Å². The van der Waals surface area contributed by atoms with Crippen molar-refractivity contribution < 1.29 is 19.0 Å². The Labute approximate surface area is 203 Å². The number of fused-ring (bicyclic) bond motifs is 2. The van der Waals surface area contributed by atoms with Gasteiger partial charge in [-0.2, -0.15) is 5.10 Å². The highest BCUT2D eigenvalue weighted by molar-refractivity contribution is 6.33. The highest BCUT2D eigenvalue weighted by atomic mass is 35.5. The lowest BCUT2D eigenvalue weighted by Crippen LogP contribution is -2.35. The Balaban J connectivity index is 1.46. The minimum absolute atomic E-state index is 0.0130. The standard InChI is InChI=1S/C24H21ClF2N6O2/c1-2-24(4-3-11-5-15(26)12-7-14(25)22(28)32-17(12)6-11)9-13(20(34)21(24)35)18-8-16(27)19-23(29)30-10-31-33(18)19/h1,5-8,10,13,20-21,34-35H,3-4,9H2,(H2,28,32)(H2,29,30,31)/t13-,20-,21-,24-/m0/s1. The van der Waals surface area contributed by atoms with Crippen molar-refractivity contribution in [3.8, 4) is 12.3 Å². The molecule has 0 bridgehead atoms. The topological polar surface area (TPSA) is 136 Å². The molecule has 0 spiro atoms. The van der Waals surface area contributed by atoms with Crippen LogP contribution in [0.3, 0.4) is 0 Å². The molecule has 4 aromatic rings. The Morgan fingerprint density at radius 3 is 2.69 bits per heavy atom. The number of nitrogens with two attached hydrogens (primary N) is 2. The van der Waals surface area contributed by atoms with E-state index in [1.807, 2.05) is 0 Å². The normalized spacial score (nSPS) is 24.3. The third kappa shape index (κ3) is 3.63. The van der Waals surface area contributed by atoms with Crippen LogP contribution in [0.25, 0.3) is 16.4 Å². The van der Waals surface area contributed by atoms with Crippen molar-refractivity contribution in [2.45, 2.75) is 37.4 Å². The molecule has 0 amide bonds. The Morgan fingerprint density at radius 1 is 1.17 bits per heavy atom. The van der Waals surface area contributed by atoms with E-state index in [9.17, 15) is 19.0 Å². The molecule has 180 valence electrons. The van der Waals surface area contributed by atoms with Crippen LogP contribution in [0.5, 0.6) is 0 Å². The minimum Gasteiger partial charge on any atom is -0.390 e. The summed E-state index contributed by atoms with van der Waals surface area (Å²) in [6.07, 6.45) is 5.13. The second-order valence-electron chi connectivity index (χ2n) is 8.87. The first-order valence-corrected chi connectivity index (χ1v) is 11.2. The van der Waals surface area contributed by atoms with E-state index in [0.717, 1.165) is 0 Å². The minimum atomic E-state index is -1.30. The van der Waals surface area contributed by atoms with Crippen molar-refractivity contribution in [1.82, 2.24) is 19.6 Å². The predicted octanol–water partition coefficient (Wildman–Crippen LogP) is 2.84. The summed E-state index contributed by atoms with van der Waals surface area (Å²) in [5, 5.41) is 26.3. The molecule has 1 aliphatic rings. The largest absolute Gasteiger partial charge is 0.390 e. The van der Waals surface area contributed by atoms with Gasteiger partial charge in [-0.05, 0) is 49.1 Å². The molecule has 35 heavy (non-hydrogen) atoms. The molecule has 1 fully saturated rings. The van der Waals surface area contributed by atoms with Gasteiger partial charge in [0.25, 0.3) is 0 Å². The molecule has 3 heterocycles. The van der Waals surface area contributed by atoms with Crippen LogP contribution in [0, 0.1) is 29.4 Å². The van der Waals surface area contributed by atoms with E-state index in [-0.39, 0.29) is 46.8 Å². The van der Waals surface area contributed by atoms with E-state index in [0.29, 0.717) is 16.8 Å². The number of anilines is 2. The Hall–Kier alpha value is -3.52. The van der Waals surface area contributed by atoms with Crippen LogP contribution in [-0.2, 0) is 6.42 Å². The summed E-state index contributed by atoms with van der Waals surface area (Å²) in [6, 6.07) is 5.67. The molecule has 5 rings (SSSR count). The zero-order valence-corrected chi connectivity index (χ0v) is 19.0. The summed E-state index contributed by atoms with van der Waals surface area (Å²) in [7, 11) is 0. The van der Waals surface area contributed by atoms with E-state index in [4.69, 9.17) is 29.5 Å². The Kier molecular flexibility index (Phi) is 5.51. The number of aromatic nitrogens is 4. The van der Waals surface area contributed by atoms with Gasteiger partial charge in [0.1, 0.15) is 23.5 Å². The molecule has 6 N–H and O–H groups in total. The third-order valence-electron chi connectivity index (χ3n) is 6.90. The van der Waals surface area contributed by atoms with Crippen LogP contribution in [0.1, 0.15) is 30.0 Å². The predicted molar refractivity (Wildman–Crippen MR) is 127 cm³/mol. The number of aliphatic hydroxyl groups excluding tert-OH is 2. The monoisotopic (exact) mass is 498 g/mol. The molecule has 8 nitrogen and oxygen atoms in total. The first-order chi connectivity index (χ1) is 16.6. The first-order valence-electron chi connectivity index (χ1n) is 10.8. The van der Waals surface area contributed by atoms with Crippen LogP contribution < -0.4 is 11.5 Å². The number of hydrogen-bond donors (Lipinski definition) is 4. The number of aliphatic hydroxyl groups is 2. The van der Waals surface area contributed by atoms with Crippen molar-refractivity contribution in [2.24, 2.45) is 5.41 Å². The fraction of sp³-hybridized carbons (Fsp3) is 0.292. The average molecular weight is 499 g/mol. The maximum atomic E-state index is 14.7. The molecular formula is C24H21ClF2N6O2. The smallest absolute Gasteiger partial charge is 0.154 e. The summed E-state index contributed by atoms with van der Waals surface area (Å²) in [5.41, 5.74) is 11.6. The van der Waals surface area contributed by atoms with E-state index in [2.05, 4.69) is 21.0 Å². The SMILES string of the molecule is C#C[C@]1(CCc2cc(F)c3cc(Cl)c(N)nc3c2)C[C@@H](c2cc(F)c3c(N)ncnn23)[C@H](O)[C@@H]1O. The number of terminal acetylenes is 1. The molecule has 0 radical (unpaired) electrons. The summed E-state index contributed by atoms with van der Waals surface area (Å²) in [6.45, 7) is 0. The van der Waals surface area contributed by atoms with Gasteiger partial charge in [-0.3, -0.25) is 0 Å². The summed E-state index contributed by atoms with van der Waals surface area (Å²) < 4.78 is 30.6. The molecule has 1 aliphatic carbocycles. The summed E-state index contributed by atoms with van der Waals surface area (Å²) in [5.74, 6) is 0.809. The quantitative estimate of drug-likeness (QED) is 0.318. The Bertz CT molecular complexity index is 1520. The molecule has 4 atom stereocenters. The number of benzene rings is 1. The molecule has 1 saturated carbocycles. The van der Waals surface area contributed by atoms with E-state index in [1.54, 1.807) is 6.07 Å². The fourth-order valence-electron chi connectivity index (χ4n) is 5.03. The number of hydrogen-bond acceptors (Lipinski definition) is 7. The maximum absolute atomic E-state index is 14.7. The zero-order valence-electron chi connectivity index (χ0n) is 18.3. The van der Waals surface area contributed by atoms with Gasteiger partial charge in [0.15, 0.2) is 11.6 Å². The van der Waals surface area contributed by atoms with Gasteiger partial charge in [-0.1, -0.05) is 17.5 Å². The van der Waals surface area contributed by atoms with Crippen LogP contribution in [0.4, 0.5) is 20.4 Å². The van der Waals surface area contributed by atoms with Gasteiger partial charge in [0, 0.05) is 11.3 Å². The second kappa shape index (κ2) is 8.30. The summed E-state index contributed by atoms with van der Waals surface area (Å²) in [4.78, 5) is 7.95. The van der Waals surface area contributed by atoms with E-state index >= 15 is 0 Å². The van der Waals surface area contributed by atoms with Crippen LogP contribution >= 0.6 is 11.6 Å². The lowest BCUT2D eigenvalue weighted by atomic mass is 9.78. The lowest BCUT2D eigenvalue weighted by Gasteiger charge is -2.27. The van der Waals surface area contributed by atoms with Crippen molar-refractivity contribution >= 4 is 39.7 Å². The van der Waals surface area contributed by atoms with E-state index in [1.165, 1.54) is 29.0 Å². The van der Waals surface area contributed by atoms with Gasteiger partial charge in [-0.15, -0.1) is 6.42 Å². The molecule has 0 saturated heterocycles. The molecule has 0 aliphatic heterocycles. The fourth-order valence-corrected chi connectivity index (χ4v) is 5.18. The van der Waals surface area contributed by atoms with Gasteiger partial charge in [-0.25, -0.2) is 23.3 Å². The number of nitrogens with zero attached hydrogens (tertiary/aromatic N) is 4. The molecule has 3 aromatic heterocycles. The number of rotatable bonds is 4. The Morgan fingerprint density at radius 2 is 1.94 bits per heavy atom. The van der Waals surface area contributed by atoms with Crippen LogP contribution in [0.2, 0.25) is 5.02 Å². The first kappa shape index (κ1) is 23.2. The summed E-state index contributed by atoms with van der Waals surface area (Å²) >= 11 is 5.96. The van der Waals surface area contributed by atoms with Gasteiger partial charge >= 0.3 is 0 Å². The second-order valence-corrected chi connectivity index (χ2v) is 9.28.